The largest absolute Gasteiger partial charge is 0.494 e. The molecule has 0 bridgehead atoms. The number of carbonyl (C=O) groups is 2. The van der Waals surface area contributed by atoms with Crippen molar-refractivity contribution in [2.75, 3.05) is 17.2 Å². The average Bonchev–Trinajstić information content (AvgIpc) is 3.38. The van der Waals surface area contributed by atoms with Crippen molar-refractivity contribution in [3.05, 3.63) is 72.2 Å². The summed E-state index contributed by atoms with van der Waals surface area (Å²) >= 11 is 1.31. The van der Waals surface area contributed by atoms with Crippen molar-refractivity contribution >= 4 is 44.2 Å². The van der Waals surface area contributed by atoms with E-state index in [0.717, 1.165) is 10.2 Å². The lowest BCUT2D eigenvalue weighted by Crippen LogP contribution is -2.11. The number of hydrogen-bond donors (Lipinski definition) is 2. The van der Waals surface area contributed by atoms with Crippen LogP contribution < -0.4 is 15.4 Å². The van der Waals surface area contributed by atoms with Crippen LogP contribution in [0.3, 0.4) is 0 Å². The van der Waals surface area contributed by atoms with E-state index in [0.29, 0.717) is 28.7 Å². The summed E-state index contributed by atoms with van der Waals surface area (Å²) in [5, 5.41) is 6.04. The highest BCUT2D eigenvalue weighted by atomic mass is 32.1. The van der Waals surface area contributed by atoms with Crippen LogP contribution in [0.4, 0.5) is 10.8 Å². The second kappa shape index (κ2) is 8.15. The molecule has 0 aliphatic carbocycles. The van der Waals surface area contributed by atoms with Crippen molar-refractivity contribution in [1.82, 2.24) is 4.98 Å². The number of carbonyl (C=O) groups excluding carboxylic acids is 2. The van der Waals surface area contributed by atoms with Gasteiger partial charge in [0.2, 0.25) is 0 Å². The second-order valence-electron chi connectivity index (χ2n) is 6.05. The Morgan fingerprint density at radius 2 is 1.97 bits per heavy atom. The highest BCUT2D eigenvalue weighted by Gasteiger charge is 2.13. The SMILES string of the molecule is CCOc1cccc(C(=O)Nc2ccc3nc(NC(=O)c4ccco4)sc3c2)c1. The van der Waals surface area contributed by atoms with Gasteiger partial charge in [0.25, 0.3) is 11.8 Å². The monoisotopic (exact) mass is 407 g/mol. The number of nitrogens with one attached hydrogen (secondary N) is 2. The van der Waals surface area contributed by atoms with Gasteiger partial charge in [-0.15, -0.1) is 0 Å². The number of ether oxygens (including phenoxy) is 1. The predicted octanol–water partition coefficient (Wildman–Crippen LogP) is 4.79. The minimum absolute atomic E-state index is 0.214. The molecule has 2 aromatic carbocycles. The highest BCUT2D eigenvalue weighted by Crippen LogP contribution is 2.29. The Balaban J connectivity index is 1.49. The predicted molar refractivity (Wildman–Crippen MR) is 112 cm³/mol. The highest BCUT2D eigenvalue weighted by molar-refractivity contribution is 7.22. The first-order valence-corrected chi connectivity index (χ1v) is 9.73. The molecule has 0 saturated carbocycles. The van der Waals surface area contributed by atoms with Crippen LogP contribution in [-0.4, -0.2) is 23.4 Å². The summed E-state index contributed by atoms with van der Waals surface area (Å²) in [6.07, 6.45) is 1.44. The second-order valence-corrected chi connectivity index (χ2v) is 7.08. The van der Waals surface area contributed by atoms with Gasteiger partial charge in [-0.25, -0.2) is 4.98 Å². The van der Waals surface area contributed by atoms with Crippen LogP contribution in [0.1, 0.15) is 27.8 Å². The molecule has 0 atom stereocenters. The van der Waals surface area contributed by atoms with Crippen LogP contribution in [0.15, 0.2) is 65.3 Å². The van der Waals surface area contributed by atoms with Gasteiger partial charge in [0.05, 0.1) is 23.1 Å². The molecule has 0 spiro atoms. The van der Waals surface area contributed by atoms with Gasteiger partial charge in [0, 0.05) is 11.3 Å². The molecular formula is C21H17N3O4S. The molecule has 0 fully saturated rings. The van der Waals surface area contributed by atoms with Gasteiger partial charge in [0.15, 0.2) is 10.9 Å². The average molecular weight is 407 g/mol. The fraction of sp³-hybridized carbons (Fsp3) is 0.0952. The number of aromatic nitrogens is 1. The first kappa shape index (κ1) is 18.7. The molecule has 0 saturated heterocycles. The summed E-state index contributed by atoms with van der Waals surface area (Å²) in [5.41, 5.74) is 1.87. The van der Waals surface area contributed by atoms with E-state index in [4.69, 9.17) is 9.15 Å². The third-order valence-electron chi connectivity index (χ3n) is 4.02. The Kier molecular flexibility index (Phi) is 5.26. The molecule has 7 nitrogen and oxygen atoms in total. The molecule has 0 aliphatic rings. The number of hydrogen-bond acceptors (Lipinski definition) is 6. The summed E-state index contributed by atoms with van der Waals surface area (Å²) in [4.78, 5) is 29.0. The minimum atomic E-state index is -0.364. The number of amides is 2. The van der Waals surface area contributed by atoms with Crippen LogP contribution in [-0.2, 0) is 0 Å². The van der Waals surface area contributed by atoms with Crippen LogP contribution >= 0.6 is 11.3 Å². The van der Waals surface area contributed by atoms with Crippen LogP contribution in [0.2, 0.25) is 0 Å². The number of thiazole rings is 1. The third kappa shape index (κ3) is 4.27. The molecule has 8 heteroatoms. The summed E-state index contributed by atoms with van der Waals surface area (Å²) in [6.45, 7) is 2.42. The lowest BCUT2D eigenvalue weighted by molar-refractivity contribution is 0.0994. The number of rotatable bonds is 6. The Morgan fingerprint density at radius 1 is 1.07 bits per heavy atom. The van der Waals surface area contributed by atoms with E-state index in [2.05, 4.69) is 15.6 Å². The quantitative estimate of drug-likeness (QED) is 0.479. The lowest BCUT2D eigenvalue weighted by Gasteiger charge is -2.07. The molecule has 4 aromatic rings. The van der Waals surface area contributed by atoms with E-state index in [1.165, 1.54) is 17.6 Å². The van der Waals surface area contributed by atoms with Crippen molar-refractivity contribution in [3.8, 4) is 5.75 Å². The van der Waals surface area contributed by atoms with Gasteiger partial charge in [-0.2, -0.15) is 0 Å². The Hall–Kier alpha value is -3.65. The molecule has 0 aliphatic heterocycles. The molecule has 4 rings (SSSR count). The Bertz CT molecular complexity index is 1170. The van der Waals surface area contributed by atoms with Gasteiger partial charge < -0.3 is 14.5 Å². The molecule has 2 N–H and O–H groups in total. The number of anilines is 2. The first-order chi connectivity index (χ1) is 14.1. The zero-order valence-corrected chi connectivity index (χ0v) is 16.3. The van der Waals surface area contributed by atoms with Crippen molar-refractivity contribution < 1.29 is 18.7 Å². The van der Waals surface area contributed by atoms with Crippen molar-refractivity contribution in [3.63, 3.8) is 0 Å². The molecule has 2 amide bonds. The van der Waals surface area contributed by atoms with Gasteiger partial charge >= 0.3 is 0 Å². The van der Waals surface area contributed by atoms with Crippen molar-refractivity contribution in [2.45, 2.75) is 6.92 Å². The normalized spacial score (nSPS) is 10.7. The van der Waals surface area contributed by atoms with E-state index in [1.54, 1.807) is 42.5 Å². The molecule has 29 heavy (non-hydrogen) atoms. The van der Waals surface area contributed by atoms with Crippen molar-refractivity contribution in [2.24, 2.45) is 0 Å². The maximum Gasteiger partial charge on any atom is 0.293 e. The van der Waals surface area contributed by atoms with Gasteiger partial charge in [-0.3, -0.25) is 14.9 Å². The third-order valence-corrected chi connectivity index (χ3v) is 4.95. The maximum absolute atomic E-state index is 12.5. The smallest absolute Gasteiger partial charge is 0.293 e. The lowest BCUT2D eigenvalue weighted by atomic mass is 10.2. The summed E-state index contributed by atoms with van der Waals surface area (Å²) in [7, 11) is 0. The number of nitrogens with zero attached hydrogens (tertiary/aromatic N) is 1. The summed E-state index contributed by atoms with van der Waals surface area (Å²) in [5.74, 6) is 0.264. The molecule has 146 valence electrons. The zero-order chi connectivity index (χ0) is 20.2. The van der Waals surface area contributed by atoms with E-state index in [1.807, 2.05) is 19.1 Å². The molecule has 2 heterocycles. The van der Waals surface area contributed by atoms with Gasteiger partial charge in [0.1, 0.15) is 5.75 Å². The first-order valence-electron chi connectivity index (χ1n) is 8.92. The minimum Gasteiger partial charge on any atom is -0.494 e. The zero-order valence-electron chi connectivity index (χ0n) is 15.5. The van der Waals surface area contributed by atoms with E-state index < -0.39 is 0 Å². The Labute approximate surface area is 170 Å². The van der Waals surface area contributed by atoms with E-state index in [9.17, 15) is 9.59 Å². The molecular weight excluding hydrogens is 390 g/mol. The molecule has 0 unspecified atom stereocenters. The van der Waals surface area contributed by atoms with Crippen molar-refractivity contribution in [1.29, 1.82) is 0 Å². The number of benzene rings is 2. The number of furan rings is 1. The maximum atomic E-state index is 12.5. The fourth-order valence-corrected chi connectivity index (χ4v) is 3.62. The van der Waals surface area contributed by atoms with E-state index >= 15 is 0 Å². The number of fused-ring (bicyclic) bond motifs is 1. The van der Waals surface area contributed by atoms with Gasteiger partial charge in [-0.05, 0) is 55.5 Å². The topological polar surface area (TPSA) is 93.5 Å². The summed E-state index contributed by atoms with van der Waals surface area (Å²) in [6, 6.07) is 15.6. The molecule has 2 aromatic heterocycles. The molecule has 0 radical (unpaired) electrons. The van der Waals surface area contributed by atoms with E-state index in [-0.39, 0.29) is 17.6 Å². The Morgan fingerprint density at radius 3 is 2.76 bits per heavy atom. The van der Waals surface area contributed by atoms with Gasteiger partial charge in [-0.1, -0.05) is 17.4 Å². The summed E-state index contributed by atoms with van der Waals surface area (Å²) < 4.78 is 11.4. The van der Waals surface area contributed by atoms with Crippen LogP contribution in [0.25, 0.3) is 10.2 Å². The fourth-order valence-electron chi connectivity index (χ4n) is 2.72. The standard InChI is InChI=1S/C21H17N3O4S/c1-2-27-15-6-3-5-13(11-15)19(25)22-14-8-9-16-18(12-14)29-21(23-16)24-20(26)17-7-4-10-28-17/h3-12H,2H2,1H3,(H,22,25)(H,23,24,26). The van der Waals surface area contributed by atoms with Crippen LogP contribution in [0, 0.1) is 0 Å². The van der Waals surface area contributed by atoms with Crippen LogP contribution in [0.5, 0.6) is 5.75 Å².